The van der Waals surface area contributed by atoms with Crippen LogP contribution in [-0.2, 0) is 9.59 Å². The van der Waals surface area contributed by atoms with Crippen molar-refractivity contribution in [3.05, 3.63) is 24.3 Å². The number of nitrogens with two attached hydrogens (primary N) is 1. The molecule has 0 saturated heterocycles. The van der Waals surface area contributed by atoms with Gasteiger partial charge in [-0.15, -0.1) is 0 Å². The molecular formula is C13H19N3O2. The average molecular weight is 249 g/mol. The van der Waals surface area contributed by atoms with Crippen molar-refractivity contribution in [2.75, 3.05) is 17.2 Å². The minimum Gasteiger partial charge on any atom is -0.324 e. The molecule has 5 nitrogen and oxygen atoms in total. The van der Waals surface area contributed by atoms with Crippen LogP contribution < -0.4 is 16.4 Å². The fourth-order valence-corrected chi connectivity index (χ4v) is 1.47. The number of nitrogens with one attached hydrogen (secondary N) is 2. The summed E-state index contributed by atoms with van der Waals surface area (Å²) in [6.07, 6.45) is 0.444. The van der Waals surface area contributed by atoms with E-state index in [0.717, 1.165) is 0 Å². The molecule has 0 aliphatic rings. The lowest BCUT2D eigenvalue weighted by atomic mass is 10.1. The van der Waals surface area contributed by atoms with Gasteiger partial charge in [-0.2, -0.15) is 0 Å². The van der Waals surface area contributed by atoms with E-state index < -0.39 is 0 Å². The Morgan fingerprint density at radius 1 is 1.11 bits per heavy atom. The van der Waals surface area contributed by atoms with E-state index in [4.69, 9.17) is 5.73 Å². The number of amides is 2. The molecule has 0 aliphatic heterocycles. The molecule has 1 aromatic rings. The van der Waals surface area contributed by atoms with Crippen LogP contribution in [0.2, 0.25) is 0 Å². The number of benzene rings is 1. The molecule has 0 atom stereocenters. The molecule has 0 radical (unpaired) electrons. The van der Waals surface area contributed by atoms with E-state index >= 15 is 0 Å². The highest BCUT2D eigenvalue weighted by Gasteiger charge is 2.09. The zero-order valence-corrected chi connectivity index (χ0v) is 10.7. The third-order valence-corrected chi connectivity index (χ3v) is 2.25. The minimum absolute atomic E-state index is 0.0700. The smallest absolute Gasteiger partial charge is 0.238 e. The highest BCUT2D eigenvalue weighted by Crippen LogP contribution is 2.21. The molecule has 98 valence electrons. The van der Waals surface area contributed by atoms with Crippen LogP contribution >= 0.6 is 0 Å². The van der Waals surface area contributed by atoms with Crippen molar-refractivity contribution in [2.45, 2.75) is 20.3 Å². The molecule has 5 heteroatoms. The largest absolute Gasteiger partial charge is 0.324 e. The third kappa shape index (κ3) is 4.55. The van der Waals surface area contributed by atoms with Crippen LogP contribution in [0.1, 0.15) is 20.3 Å². The monoisotopic (exact) mass is 249 g/mol. The highest BCUT2D eigenvalue weighted by molar-refractivity contribution is 6.00. The molecule has 0 aromatic heterocycles. The Hall–Kier alpha value is -1.88. The van der Waals surface area contributed by atoms with Gasteiger partial charge >= 0.3 is 0 Å². The second kappa shape index (κ2) is 6.76. The summed E-state index contributed by atoms with van der Waals surface area (Å²) in [5.74, 6) is -0.0733. The molecule has 18 heavy (non-hydrogen) atoms. The zero-order valence-electron chi connectivity index (χ0n) is 10.7. The SMILES string of the molecule is CC(C)CC(=O)Nc1ccccc1NC(=O)CN. The van der Waals surface area contributed by atoms with Crippen LogP contribution in [0.15, 0.2) is 24.3 Å². The van der Waals surface area contributed by atoms with Crippen molar-refractivity contribution in [1.82, 2.24) is 0 Å². The molecule has 1 rings (SSSR count). The molecule has 0 aliphatic carbocycles. The van der Waals surface area contributed by atoms with Gasteiger partial charge in [-0.25, -0.2) is 0 Å². The minimum atomic E-state index is -0.291. The molecule has 0 heterocycles. The van der Waals surface area contributed by atoms with Crippen LogP contribution in [0.25, 0.3) is 0 Å². The lowest BCUT2D eigenvalue weighted by Crippen LogP contribution is -2.23. The predicted molar refractivity (Wildman–Crippen MR) is 72.2 cm³/mol. The maximum atomic E-state index is 11.7. The quantitative estimate of drug-likeness (QED) is 0.740. The summed E-state index contributed by atoms with van der Waals surface area (Å²) >= 11 is 0. The van der Waals surface area contributed by atoms with Crippen molar-refractivity contribution < 1.29 is 9.59 Å². The normalized spacial score (nSPS) is 10.2. The van der Waals surface area contributed by atoms with Gasteiger partial charge in [0, 0.05) is 6.42 Å². The topological polar surface area (TPSA) is 84.2 Å². The fourth-order valence-electron chi connectivity index (χ4n) is 1.47. The Bertz CT molecular complexity index is 430. The van der Waals surface area contributed by atoms with E-state index in [0.29, 0.717) is 17.8 Å². The molecule has 0 spiro atoms. The maximum absolute atomic E-state index is 11.7. The number of hydrogen-bond acceptors (Lipinski definition) is 3. The number of rotatable bonds is 5. The Morgan fingerprint density at radius 3 is 2.06 bits per heavy atom. The number of carbonyl (C=O) groups excluding carboxylic acids is 2. The Labute approximate surface area is 107 Å². The molecule has 2 amide bonds. The van der Waals surface area contributed by atoms with Gasteiger partial charge in [0.2, 0.25) is 11.8 Å². The van der Waals surface area contributed by atoms with Gasteiger partial charge in [-0.1, -0.05) is 26.0 Å². The van der Waals surface area contributed by atoms with Crippen molar-refractivity contribution in [3.8, 4) is 0 Å². The van der Waals surface area contributed by atoms with Gasteiger partial charge in [0.05, 0.1) is 17.9 Å². The van der Waals surface area contributed by atoms with E-state index in [1.165, 1.54) is 0 Å². The summed E-state index contributed by atoms with van der Waals surface area (Å²) in [7, 11) is 0. The van der Waals surface area contributed by atoms with E-state index in [-0.39, 0.29) is 24.3 Å². The van der Waals surface area contributed by atoms with Gasteiger partial charge in [0.25, 0.3) is 0 Å². The maximum Gasteiger partial charge on any atom is 0.238 e. The molecule has 1 aromatic carbocycles. The number of carbonyl (C=O) groups is 2. The van der Waals surface area contributed by atoms with Crippen LogP contribution in [0.4, 0.5) is 11.4 Å². The van der Waals surface area contributed by atoms with Crippen LogP contribution in [0.3, 0.4) is 0 Å². The molecule has 0 fully saturated rings. The lowest BCUT2D eigenvalue weighted by Gasteiger charge is -2.12. The summed E-state index contributed by atoms with van der Waals surface area (Å²) in [6, 6.07) is 7.04. The van der Waals surface area contributed by atoms with E-state index in [1.54, 1.807) is 24.3 Å². The molecule has 4 N–H and O–H groups in total. The Balaban J connectivity index is 2.76. The first-order valence-electron chi connectivity index (χ1n) is 5.91. The Morgan fingerprint density at radius 2 is 1.61 bits per heavy atom. The fraction of sp³-hybridized carbons (Fsp3) is 0.385. The average Bonchev–Trinajstić information content (AvgIpc) is 2.30. The lowest BCUT2D eigenvalue weighted by molar-refractivity contribution is -0.117. The van der Waals surface area contributed by atoms with Gasteiger partial charge in [0.15, 0.2) is 0 Å². The van der Waals surface area contributed by atoms with Crippen molar-refractivity contribution in [2.24, 2.45) is 11.7 Å². The van der Waals surface area contributed by atoms with Crippen molar-refractivity contribution >= 4 is 23.2 Å². The molecule has 0 bridgehead atoms. The third-order valence-electron chi connectivity index (χ3n) is 2.25. The van der Waals surface area contributed by atoms with Crippen molar-refractivity contribution in [1.29, 1.82) is 0 Å². The standard InChI is InChI=1S/C13H19N3O2/c1-9(2)7-12(17)15-10-5-3-4-6-11(10)16-13(18)8-14/h3-6,9H,7-8,14H2,1-2H3,(H,15,17)(H,16,18). The van der Waals surface area contributed by atoms with Crippen LogP contribution in [0.5, 0.6) is 0 Å². The van der Waals surface area contributed by atoms with E-state index in [9.17, 15) is 9.59 Å². The number of anilines is 2. The predicted octanol–water partition coefficient (Wildman–Crippen LogP) is 1.57. The first-order chi connectivity index (χ1) is 8.52. The molecule has 0 saturated carbocycles. The summed E-state index contributed by atoms with van der Waals surface area (Å²) in [4.78, 5) is 22.9. The van der Waals surface area contributed by atoms with Gasteiger partial charge < -0.3 is 16.4 Å². The number of para-hydroxylation sites is 2. The first kappa shape index (κ1) is 14.2. The van der Waals surface area contributed by atoms with Gasteiger partial charge in [0.1, 0.15) is 0 Å². The van der Waals surface area contributed by atoms with Gasteiger partial charge in [-0.05, 0) is 18.1 Å². The van der Waals surface area contributed by atoms with E-state index in [1.807, 2.05) is 13.8 Å². The van der Waals surface area contributed by atoms with Crippen LogP contribution in [-0.4, -0.2) is 18.4 Å². The molecule has 0 unspecified atom stereocenters. The molecular weight excluding hydrogens is 230 g/mol. The Kier molecular flexibility index (Phi) is 5.32. The van der Waals surface area contributed by atoms with E-state index in [2.05, 4.69) is 10.6 Å². The zero-order chi connectivity index (χ0) is 13.5. The summed E-state index contributed by atoms with van der Waals surface area (Å²) in [6.45, 7) is 3.86. The van der Waals surface area contributed by atoms with Gasteiger partial charge in [-0.3, -0.25) is 9.59 Å². The summed E-state index contributed by atoms with van der Waals surface area (Å²) in [5.41, 5.74) is 6.39. The highest BCUT2D eigenvalue weighted by atomic mass is 16.2. The summed E-state index contributed by atoms with van der Waals surface area (Å²) < 4.78 is 0. The number of hydrogen-bond donors (Lipinski definition) is 3. The first-order valence-corrected chi connectivity index (χ1v) is 5.91. The van der Waals surface area contributed by atoms with Crippen LogP contribution in [0, 0.1) is 5.92 Å². The van der Waals surface area contributed by atoms with Crippen molar-refractivity contribution in [3.63, 3.8) is 0 Å². The second-order valence-electron chi connectivity index (χ2n) is 4.44. The second-order valence-corrected chi connectivity index (χ2v) is 4.44. The summed E-state index contributed by atoms with van der Waals surface area (Å²) in [5, 5.41) is 5.42.